The van der Waals surface area contributed by atoms with Crippen molar-refractivity contribution in [3.05, 3.63) is 30.6 Å². The van der Waals surface area contributed by atoms with Crippen molar-refractivity contribution in [2.24, 2.45) is 0 Å². The normalized spacial score (nSPS) is 10.0. The molecular weight excluding hydrogens is 192 g/mol. The molecule has 2 aromatic rings. The molecule has 15 heavy (non-hydrogen) atoms. The fraction of sp³-hybridized carbons (Fsp3) is 0.182. The van der Waals surface area contributed by atoms with Crippen molar-refractivity contribution >= 4 is 0 Å². The van der Waals surface area contributed by atoms with Crippen LogP contribution >= 0.6 is 0 Å². The van der Waals surface area contributed by atoms with Gasteiger partial charge in [0, 0.05) is 12.4 Å². The number of hydrogen-bond acceptors (Lipinski definition) is 3. The molecule has 1 aromatic carbocycles. The average Bonchev–Trinajstić information content (AvgIpc) is 2.81. The van der Waals surface area contributed by atoms with E-state index >= 15 is 0 Å². The third-order valence-corrected chi connectivity index (χ3v) is 2.16. The largest absolute Gasteiger partial charge is 0.497 e. The van der Waals surface area contributed by atoms with E-state index in [9.17, 15) is 0 Å². The molecule has 0 fully saturated rings. The van der Waals surface area contributed by atoms with E-state index in [1.165, 1.54) is 0 Å². The summed E-state index contributed by atoms with van der Waals surface area (Å²) in [5.41, 5.74) is 0.891. The summed E-state index contributed by atoms with van der Waals surface area (Å²) in [5, 5.41) is 0. The monoisotopic (exact) mass is 204 g/mol. The molecule has 0 radical (unpaired) electrons. The molecular formula is C11H12N2O2. The molecule has 0 saturated carbocycles. The number of benzene rings is 1. The van der Waals surface area contributed by atoms with Crippen LogP contribution in [0.15, 0.2) is 30.6 Å². The maximum Gasteiger partial charge on any atom is 0.141 e. The highest BCUT2D eigenvalue weighted by molar-refractivity contribution is 5.66. The van der Waals surface area contributed by atoms with Gasteiger partial charge in [0.15, 0.2) is 0 Å². The third kappa shape index (κ3) is 1.79. The summed E-state index contributed by atoms with van der Waals surface area (Å²) in [5.74, 6) is 2.32. The molecule has 0 atom stereocenters. The zero-order chi connectivity index (χ0) is 10.7. The van der Waals surface area contributed by atoms with E-state index in [2.05, 4.69) is 9.97 Å². The lowest BCUT2D eigenvalue weighted by atomic mass is 10.2. The van der Waals surface area contributed by atoms with Gasteiger partial charge in [0.2, 0.25) is 0 Å². The summed E-state index contributed by atoms with van der Waals surface area (Å²) < 4.78 is 10.4. The van der Waals surface area contributed by atoms with E-state index in [1.54, 1.807) is 26.6 Å². The SMILES string of the molecule is COc1ccc(OC)c(-c2ncc[nH]2)c1. The molecule has 4 nitrogen and oxygen atoms in total. The number of methoxy groups -OCH3 is 2. The Morgan fingerprint density at radius 1 is 1.20 bits per heavy atom. The standard InChI is InChI=1S/C11H12N2O2/c1-14-8-3-4-10(15-2)9(7-8)11-12-5-6-13-11/h3-7H,1-2H3,(H,12,13). The van der Waals surface area contributed by atoms with Crippen molar-refractivity contribution < 1.29 is 9.47 Å². The number of rotatable bonds is 3. The van der Waals surface area contributed by atoms with Gasteiger partial charge in [0.05, 0.1) is 19.8 Å². The lowest BCUT2D eigenvalue weighted by Crippen LogP contribution is -1.91. The van der Waals surface area contributed by atoms with E-state index < -0.39 is 0 Å². The Kier molecular flexibility index (Phi) is 2.58. The molecule has 0 amide bonds. The predicted octanol–water partition coefficient (Wildman–Crippen LogP) is 2.09. The first-order valence-corrected chi connectivity index (χ1v) is 4.57. The van der Waals surface area contributed by atoms with E-state index in [-0.39, 0.29) is 0 Å². The van der Waals surface area contributed by atoms with Gasteiger partial charge in [-0.1, -0.05) is 0 Å². The van der Waals surface area contributed by atoms with Crippen LogP contribution in [0.1, 0.15) is 0 Å². The van der Waals surface area contributed by atoms with Crippen LogP contribution in [0.3, 0.4) is 0 Å². The summed E-state index contributed by atoms with van der Waals surface area (Å²) in [7, 11) is 3.27. The Morgan fingerprint density at radius 2 is 2.07 bits per heavy atom. The average molecular weight is 204 g/mol. The zero-order valence-corrected chi connectivity index (χ0v) is 8.65. The van der Waals surface area contributed by atoms with Crippen LogP contribution in [0.4, 0.5) is 0 Å². The van der Waals surface area contributed by atoms with E-state index in [0.29, 0.717) is 0 Å². The molecule has 78 valence electrons. The maximum atomic E-state index is 5.25. The van der Waals surface area contributed by atoms with Gasteiger partial charge in [-0.3, -0.25) is 0 Å². The van der Waals surface area contributed by atoms with Crippen molar-refractivity contribution in [3.8, 4) is 22.9 Å². The molecule has 0 saturated heterocycles. The summed E-state index contributed by atoms with van der Waals surface area (Å²) in [6.45, 7) is 0. The molecule has 1 N–H and O–H groups in total. The Labute approximate surface area is 87.9 Å². The second-order valence-corrected chi connectivity index (χ2v) is 3.00. The van der Waals surface area contributed by atoms with Gasteiger partial charge < -0.3 is 14.5 Å². The molecule has 0 unspecified atom stereocenters. The minimum absolute atomic E-state index is 0.769. The number of hydrogen-bond donors (Lipinski definition) is 1. The summed E-state index contributed by atoms with van der Waals surface area (Å²) in [6, 6.07) is 5.60. The van der Waals surface area contributed by atoms with Crippen molar-refractivity contribution in [1.29, 1.82) is 0 Å². The minimum Gasteiger partial charge on any atom is -0.497 e. The molecule has 2 rings (SSSR count). The van der Waals surface area contributed by atoms with Gasteiger partial charge in [-0.25, -0.2) is 4.98 Å². The Bertz CT molecular complexity index is 438. The number of ether oxygens (including phenoxy) is 2. The first kappa shape index (κ1) is 9.58. The van der Waals surface area contributed by atoms with Crippen LogP contribution in [0, 0.1) is 0 Å². The van der Waals surface area contributed by atoms with Gasteiger partial charge in [-0.15, -0.1) is 0 Å². The maximum absolute atomic E-state index is 5.25. The summed E-state index contributed by atoms with van der Waals surface area (Å²) in [4.78, 5) is 7.21. The number of nitrogens with one attached hydrogen (secondary N) is 1. The molecule has 4 heteroatoms. The number of aromatic amines is 1. The third-order valence-electron chi connectivity index (χ3n) is 2.16. The van der Waals surface area contributed by atoms with E-state index in [1.807, 2.05) is 18.2 Å². The second-order valence-electron chi connectivity index (χ2n) is 3.00. The minimum atomic E-state index is 0.769. The highest BCUT2D eigenvalue weighted by atomic mass is 16.5. The van der Waals surface area contributed by atoms with E-state index in [0.717, 1.165) is 22.9 Å². The molecule has 0 aliphatic carbocycles. The van der Waals surface area contributed by atoms with Crippen LogP contribution in [0.5, 0.6) is 11.5 Å². The quantitative estimate of drug-likeness (QED) is 0.832. The van der Waals surface area contributed by atoms with Crippen LogP contribution in [0.2, 0.25) is 0 Å². The molecule has 1 aromatic heterocycles. The smallest absolute Gasteiger partial charge is 0.141 e. The topological polar surface area (TPSA) is 47.1 Å². The van der Waals surface area contributed by atoms with Gasteiger partial charge in [-0.2, -0.15) is 0 Å². The fourth-order valence-corrected chi connectivity index (χ4v) is 1.41. The van der Waals surface area contributed by atoms with Crippen LogP contribution in [0.25, 0.3) is 11.4 Å². The second kappa shape index (κ2) is 4.04. The molecule has 0 bridgehead atoms. The highest BCUT2D eigenvalue weighted by Crippen LogP contribution is 2.30. The Hall–Kier alpha value is -1.97. The number of aromatic nitrogens is 2. The molecule has 0 aliphatic heterocycles. The number of imidazole rings is 1. The number of H-pyrrole nitrogens is 1. The van der Waals surface area contributed by atoms with Crippen LogP contribution in [-0.4, -0.2) is 24.2 Å². The highest BCUT2D eigenvalue weighted by Gasteiger charge is 2.08. The van der Waals surface area contributed by atoms with Crippen molar-refractivity contribution in [3.63, 3.8) is 0 Å². The lowest BCUT2D eigenvalue weighted by Gasteiger charge is -2.08. The zero-order valence-electron chi connectivity index (χ0n) is 8.65. The predicted molar refractivity (Wildman–Crippen MR) is 57.1 cm³/mol. The first-order chi connectivity index (χ1) is 7.35. The molecule has 0 spiro atoms. The summed E-state index contributed by atoms with van der Waals surface area (Å²) in [6.07, 6.45) is 3.47. The molecule has 1 heterocycles. The van der Waals surface area contributed by atoms with Gasteiger partial charge in [0.25, 0.3) is 0 Å². The summed E-state index contributed by atoms with van der Waals surface area (Å²) >= 11 is 0. The van der Waals surface area contributed by atoms with E-state index in [4.69, 9.17) is 9.47 Å². The van der Waals surface area contributed by atoms with Crippen molar-refractivity contribution in [1.82, 2.24) is 9.97 Å². The van der Waals surface area contributed by atoms with Gasteiger partial charge in [-0.05, 0) is 18.2 Å². The number of nitrogens with zero attached hydrogens (tertiary/aromatic N) is 1. The fourth-order valence-electron chi connectivity index (χ4n) is 1.41. The van der Waals surface area contributed by atoms with Gasteiger partial charge in [0.1, 0.15) is 17.3 Å². The van der Waals surface area contributed by atoms with Crippen molar-refractivity contribution in [2.45, 2.75) is 0 Å². The first-order valence-electron chi connectivity index (χ1n) is 4.57. The lowest BCUT2D eigenvalue weighted by molar-refractivity contribution is 0.404. The van der Waals surface area contributed by atoms with Gasteiger partial charge >= 0.3 is 0 Å². The Morgan fingerprint density at radius 3 is 2.67 bits per heavy atom. The van der Waals surface area contributed by atoms with Crippen molar-refractivity contribution in [2.75, 3.05) is 14.2 Å². The van der Waals surface area contributed by atoms with Crippen LogP contribution in [-0.2, 0) is 0 Å². The molecule has 0 aliphatic rings. The van der Waals surface area contributed by atoms with Crippen LogP contribution < -0.4 is 9.47 Å². The Balaban J connectivity index is 2.52.